The summed E-state index contributed by atoms with van der Waals surface area (Å²) >= 11 is 0. The number of nitrogens with zero attached hydrogens (tertiary/aromatic N) is 4. The molecule has 2 saturated heterocycles. The highest BCUT2D eigenvalue weighted by Crippen LogP contribution is 2.30. The summed E-state index contributed by atoms with van der Waals surface area (Å²) in [6.45, 7) is 5.49. The van der Waals surface area contributed by atoms with E-state index in [1.807, 2.05) is 5.01 Å². The van der Waals surface area contributed by atoms with Gasteiger partial charge in [-0.05, 0) is 61.4 Å². The van der Waals surface area contributed by atoms with Gasteiger partial charge in [-0.3, -0.25) is 4.90 Å². The number of piperazine rings is 1. The number of carbonyl (C=O) groups excluding carboxylic acids is 1. The Bertz CT molecular complexity index is 996. The van der Waals surface area contributed by atoms with E-state index in [0.717, 1.165) is 64.2 Å². The summed E-state index contributed by atoms with van der Waals surface area (Å²) in [5.74, 6) is 0. The van der Waals surface area contributed by atoms with Crippen LogP contribution in [0.5, 0.6) is 0 Å². The van der Waals surface area contributed by atoms with E-state index in [1.54, 1.807) is 24.3 Å². The van der Waals surface area contributed by atoms with E-state index in [4.69, 9.17) is 0 Å². The molecule has 2 fully saturated rings. The van der Waals surface area contributed by atoms with Gasteiger partial charge in [0.1, 0.15) is 0 Å². The Hall–Kier alpha value is -3.22. The summed E-state index contributed by atoms with van der Waals surface area (Å²) in [4.78, 5) is 26.4. The molecule has 2 aliphatic rings. The van der Waals surface area contributed by atoms with E-state index in [1.165, 1.54) is 17.3 Å². The van der Waals surface area contributed by atoms with Crippen molar-refractivity contribution in [1.82, 2.24) is 15.2 Å². The second-order valence-electron chi connectivity index (χ2n) is 8.58. The number of urea groups is 1. The Labute approximate surface area is 201 Å². The van der Waals surface area contributed by atoms with Crippen LogP contribution in [0.25, 0.3) is 0 Å². The molecule has 2 heterocycles. The molecule has 0 saturated carbocycles. The standard InChI is InChI=1S/C23H28F3N7O2/c24-23(25,26)17-3-5-18(6-4-17)28-22(34)29-19-7-9-20(10-8-19)33(30-35)32-13-1-2-21(32)16-31-14-11-27-12-15-31/h3-10,21,27H,1-2,11-16H2,(H2,28,29,34)/t21-/m0/s1. The number of alkyl halides is 3. The largest absolute Gasteiger partial charge is 0.416 e. The lowest BCUT2D eigenvalue weighted by Crippen LogP contribution is -2.51. The molecule has 0 spiro atoms. The number of hydrogen-bond acceptors (Lipinski definition) is 6. The number of nitrogens with one attached hydrogen (secondary N) is 3. The fraction of sp³-hybridized carbons (Fsp3) is 0.435. The van der Waals surface area contributed by atoms with Gasteiger partial charge in [-0.1, -0.05) is 0 Å². The number of benzene rings is 2. The maximum Gasteiger partial charge on any atom is 0.416 e. The zero-order valence-corrected chi connectivity index (χ0v) is 19.1. The van der Waals surface area contributed by atoms with Crippen LogP contribution in [0, 0.1) is 4.91 Å². The summed E-state index contributed by atoms with van der Waals surface area (Å²) in [6.07, 6.45) is -2.47. The zero-order chi connectivity index (χ0) is 24.8. The predicted molar refractivity (Wildman–Crippen MR) is 128 cm³/mol. The number of amides is 2. The van der Waals surface area contributed by atoms with Gasteiger partial charge in [0, 0.05) is 56.7 Å². The minimum Gasteiger partial charge on any atom is -0.314 e. The van der Waals surface area contributed by atoms with Crippen LogP contribution >= 0.6 is 0 Å². The Balaban J connectivity index is 1.34. The summed E-state index contributed by atoms with van der Waals surface area (Å²) in [7, 11) is 0. The minimum absolute atomic E-state index is 0.193. The maximum atomic E-state index is 12.7. The molecule has 2 aromatic rings. The van der Waals surface area contributed by atoms with Crippen LogP contribution in [0.2, 0.25) is 0 Å². The van der Waals surface area contributed by atoms with Gasteiger partial charge in [0.15, 0.2) is 0 Å². The average molecular weight is 492 g/mol. The van der Waals surface area contributed by atoms with Crippen molar-refractivity contribution in [3.8, 4) is 0 Å². The number of hydrazine groups is 1. The third-order valence-corrected chi connectivity index (χ3v) is 6.17. The number of nitroso groups, excluding NO2 is 1. The molecule has 2 aromatic carbocycles. The number of carbonyl (C=O) groups is 1. The first kappa shape index (κ1) is 24.9. The molecule has 35 heavy (non-hydrogen) atoms. The molecule has 0 aliphatic carbocycles. The molecular weight excluding hydrogens is 463 g/mol. The molecule has 12 heteroatoms. The number of hydrogen-bond donors (Lipinski definition) is 3. The van der Waals surface area contributed by atoms with Crippen molar-refractivity contribution in [2.75, 3.05) is 55.0 Å². The van der Waals surface area contributed by atoms with E-state index in [9.17, 15) is 22.9 Å². The Kier molecular flexibility index (Phi) is 7.83. The molecule has 2 amide bonds. The molecule has 0 unspecified atom stereocenters. The van der Waals surface area contributed by atoms with Crippen LogP contribution in [0.4, 0.5) is 35.0 Å². The second-order valence-corrected chi connectivity index (χ2v) is 8.58. The molecule has 188 valence electrons. The van der Waals surface area contributed by atoms with Crippen LogP contribution in [0.3, 0.4) is 0 Å². The van der Waals surface area contributed by atoms with Crippen LogP contribution in [-0.4, -0.2) is 61.3 Å². The number of halogens is 3. The molecule has 0 aromatic heterocycles. The number of rotatable bonds is 7. The molecule has 4 rings (SSSR count). The van der Waals surface area contributed by atoms with Gasteiger partial charge in [0.2, 0.25) is 0 Å². The van der Waals surface area contributed by atoms with Gasteiger partial charge in [0.25, 0.3) is 0 Å². The highest BCUT2D eigenvalue weighted by atomic mass is 19.4. The topological polar surface area (TPSA) is 92.3 Å². The van der Waals surface area contributed by atoms with Crippen molar-refractivity contribution in [2.24, 2.45) is 5.29 Å². The van der Waals surface area contributed by atoms with E-state index in [2.05, 4.69) is 26.1 Å². The van der Waals surface area contributed by atoms with Gasteiger partial charge in [-0.15, -0.1) is 4.91 Å². The van der Waals surface area contributed by atoms with Crippen molar-refractivity contribution in [3.05, 3.63) is 59.0 Å². The number of anilines is 3. The van der Waals surface area contributed by atoms with Crippen molar-refractivity contribution < 1.29 is 18.0 Å². The zero-order valence-electron chi connectivity index (χ0n) is 19.1. The van der Waals surface area contributed by atoms with E-state index >= 15 is 0 Å². The van der Waals surface area contributed by atoms with Crippen LogP contribution < -0.4 is 21.1 Å². The van der Waals surface area contributed by atoms with Crippen molar-refractivity contribution in [1.29, 1.82) is 0 Å². The Morgan fingerprint density at radius 1 is 1.00 bits per heavy atom. The highest BCUT2D eigenvalue weighted by Gasteiger charge is 2.32. The summed E-state index contributed by atoms with van der Waals surface area (Å²) in [6, 6.07) is 10.4. The van der Waals surface area contributed by atoms with E-state index < -0.39 is 17.8 Å². The first-order valence-corrected chi connectivity index (χ1v) is 11.5. The summed E-state index contributed by atoms with van der Waals surface area (Å²) in [5, 5.41) is 15.1. The molecule has 1 atom stereocenters. The molecule has 0 radical (unpaired) electrons. The predicted octanol–water partition coefficient (Wildman–Crippen LogP) is 4.12. The van der Waals surface area contributed by atoms with Gasteiger partial charge in [0.05, 0.1) is 16.5 Å². The minimum atomic E-state index is -4.44. The lowest BCUT2D eigenvalue weighted by atomic mass is 10.2. The second kappa shape index (κ2) is 11.0. The fourth-order valence-electron chi connectivity index (χ4n) is 4.40. The highest BCUT2D eigenvalue weighted by molar-refractivity contribution is 5.99. The van der Waals surface area contributed by atoms with Gasteiger partial charge < -0.3 is 16.0 Å². The monoisotopic (exact) mass is 491 g/mol. The molecule has 9 nitrogen and oxygen atoms in total. The smallest absolute Gasteiger partial charge is 0.314 e. The third kappa shape index (κ3) is 6.47. The van der Waals surface area contributed by atoms with Gasteiger partial charge >= 0.3 is 12.2 Å². The molecule has 2 aliphatic heterocycles. The lowest BCUT2D eigenvalue weighted by molar-refractivity contribution is -0.137. The third-order valence-electron chi connectivity index (χ3n) is 6.17. The first-order valence-electron chi connectivity index (χ1n) is 11.5. The lowest BCUT2D eigenvalue weighted by Gasteiger charge is -2.36. The maximum absolute atomic E-state index is 12.7. The summed E-state index contributed by atoms with van der Waals surface area (Å²) < 4.78 is 38.0. The van der Waals surface area contributed by atoms with Crippen LogP contribution in [-0.2, 0) is 6.18 Å². The van der Waals surface area contributed by atoms with Crippen molar-refractivity contribution >= 4 is 23.1 Å². The van der Waals surface area contributed by atoms with Gasteiger partial charge in [-0.2, -0.15) is 23.3 Å². The molecule has 3 N–H and O–H groups in total. The van der Waals surface area contributed by atoms with E-state index in [0.29, 0.717) is 11.4 Å². The Morgan fingerprint density at radius 3 is 2.17 bits per heavy atom. The van der Waals surface area contributed by atoms with E-state index in [-0.39, 0.29) is 11.7 Å². The molecular formula is C23H28F3N7O2. The molecule has 0 bridgehead atoms. The van der Waals surface area contributed by atoms with Crippen LogP contribution in [0.15, 0.2) is 53.8 Å². The SMILES string of the molecule is O=NN(c1ccc(NC(=O)Nc2ccc(C(F)(F)F)cc2)cc1)N1CCC[C@H]1CN1CCNCC1. The fourth-order valence-corrected chi connectivity index (χ4v) is 4.40. The normalized spacial score (nSPS) is 19.3. The Morgan fingerprint density at radius 2 is 1.60 bits per heavy atom. The quantitative estimate of drug-likeness (QED) is 0.399. The summed E-state index contributed by atoms with van der Waals surface area (Å²) in [5.41, 5.74) is 0.484. The van der Waals surface area contributed by atoms with Crippen molar-refractivity contribution in [3.63, 3.8) is 0 Å². The van der Waals surface area contributed by atoms with Crippen LogP contribution in [0.1, 0.15) is 18.4 Å². The first-order chi connectivity index (χ1) is 16.8. The van der Waals surface area contributed by atoms with Crippen molar-refractivity contribution in [2.45, 2.75) is 25.1 Å². The average Bonchev–Trinajstić information content (AvgIpc) is 3.28. The van der Waals surface area contributed by atoms with Gasteiger partial charge in [-0.25, -0.2) is 4.79 Å².